The van der Waals surface area contributed by atoms with Gasteiger partial charge in [-0.15, -0.1) is 0 Å². The molecule has 0 saturated carbocycles. The van der Waals surface area contributed by atoms with Crippen LogP contribution in [0.3, 0.4) is 0 Å². The summed E-state index contributed by atoms with van der Waals surface area (Å²) < 4.78 is 14.4. The molecule has 0 atom stereocenters. The molecule has 0 N–H and O–H groups in total. The summed E-state index contributed by atoms with van der Waals surface area (Å²) in [4.78, 5) is 0. The molecule has 2 nitrogen and oxygen atoms in total. The molecule has 0 radical (unpaired) electrons. The van der Waals surface area contributed by atoms with E-state index in [1.165, 1.54) is 12.1 Å². The van der Waals surface area contributed by atoms with Crippen LogP contribution >= 0.6 is 15.9 Å². The molecule has 2 aromatic rings. The molecule has 0 fully saturated rings. The lowest BCUT2D eigenvalue weighted by atomic mass is 10.3. The van der Waals surface area contributed by atoms with Crippen molar-refractivity contribution in [1.29, 1.82) is 0 Å². The number of nitrogens with zero attached hydrogens (tertiary/aromatic N) is 2. The highest BCUT2D eigenvalue weighted by molar-refractivity contribution is 9.08. The number of rotatable bonds is 2. The Balaban J connectivity index is 2.34. The van der Waals surface area contributed by atoms with E-state index in [9.17, 15) is 4.39 Å². The van der Waals surface area contributed by atoms with Crippen LogP contribution in [0.2, 0.25) is 0 Å². The molecule has 72 valence electrons. The molecule has 0 aliphatic rings. The lowest BCUT2D eigenvalue weighted by Crippen LogP contribution is -1.93. The van der Waals surface area contributed by atoms with Gasteiger partial charge in [0.25, 0.3) is 0 Å². The molecule has 2 rings (SSSR count). The predicted octanol–water partition coefficient (Wildman–Crippen LogP) is 2.91. The van der Waals surface area contributed by atoms with Crippen molar-refractivity contribution < 1.29 is 4.39 Å². The van der Waals surface area contributed by atoms with Crippen LogP contribution in [-0.2, 0) is 5.33 Å². The summed E-state index contributed by atoms with van der Waals surface area (Å²) in [7, 11) is 0. The Morgan fingerprint density at radius 3 is 2.57 bits per heavy atom. The Labute approximate surface area is 89.5 Å². The van der Waals surface area contributed by atoms with Crippen LogP contribution in [0.25, 0.3) is 5.69 Å². The Hall–Kier alpha value is -1.16. The number of hydrogen-bond donors (Lipinski definition) is 0. The molecular formula is C10H8BrFN2. The van der Waals surface area contributed by atoms with E-state index in [1.54, 1.807) is 23.0 Å². The van der Waals surface area contributed by atoms with Crippen LogP contribution in [0.4, 0.5) is 4.39 Å². The molecule has 4 heteroatoms. The third kappa shape index (κ3) is 1.85. The second-order valence-electron chi connectivity index (χ2n) is 2.90. The van der Waals surface area contributed by atoms with Crippen LogP contribution in [0, 0.1) is 5.82 Å². The molecule has 1 heterocycles. The van der Waals surface area contributed by atoms with Gasteiger partial charge in [0, 0.05) is 17.1 Å². The fourth-order valence-corrected chi connectivity index (χ4v) is 1.45. The van der Waals surface area contributed by atoms with Gasteiger partial charge in [-0.1, -0.05) is 15.9 Å². The smallest absolute Gasteiger partial charge is 0.123 e. The van der Waals surface area contributed by atoms with Crippen LogP contribution in [-0.4, -0.2) is 9.78 Å². The van der Waals surface area contributed by atoms with Crippen molar-refractivity contribution in [2.75, 3.05) is 0 Å². The number of alkyl halides is 1. The minimum absolute atomic E-state index is 0.235. The van der Waals surface area contributed by atoms with Gasteiger partial charge in [0.1, 0.15) is 5.82 Å². The summed E-state index contributed by atoms with van der Waals surface area (Å²) in [6, 6.07) is 6.23. The second kappa shape index (κ2) is 3.92. The molecular weight excluding hydrogens is 247 g/mol. The highest BCUT2D eigenvalue weighted by Crippen LogP contribution is 2.10. The molecule has 1 aromatic heterocycles. The molecule has 0 spiro atoms. The summed E-state index contributed by atoms with van der Waals surface area (Å²) in [6.07, 6.45) is 3.68. The molecule has 0 aliphatic carbocycles. The van der Waals surface area contributed by atoms with Crippen molar-refractivity contribution in [2.45, 2.75) is 5.33 Å². The maximum absolute atomic E-state index is 12.6. The number of halogens is 2. The van der Waals surface area contributed by atoms with Gasteiger partial charge in [-0.05, 0) is 24.3 Å². The quantitative estimate of drug-likeness (QED) is 0.754. The molecule has 0 aliphatic heterocycles. The van der Waals surface area contributed by atoms with E-state index in [-0.39, 0.29) is 5.82 Å². The Morgan fingerprint density at radius 2 is 2.00 bits per heavy atom. The third-order valence-corrected chi connectivity index (χ3v) is 2.53. The molecule has 14 heavy (non-hydrogen) atoms. The number of hydrogen-bond acceptors (Lipinski definition) is 1. The molecule has 1 aromatic carbocycles. The van der Waals surface area contributed by atoms with Crippen LogP contribution in [0.15, 0.2) is 36.7 Å². The van der Waals surface area contributed by atoms with E-state index in [0.29, 0.717) is 0 Å². The standard InChI is InChI=1S/C10H8BrFN2/c11-5-8-6-13-14(7-8)10-3-1-9(12)2-4-10/h1-4,6-7H,5H2. The van der Waals surface area contributed by atoms with Crippen LogP contribution < -0.4 is 0 Å². The first-order valence-corrected chi connectivity index (χ1v) is 5.27. The van der Waals surface area contributed by atoms with Crippen molar-refractivity contribution in [1.82, 2.24) is 9.78 Å². The molecule has 0 unspecified atom stereocenters. The molecule has 0 bridgehead atoms. The van der Waals surface area contributed by atoms with E-state index in [2.05, 4.69) is 21.0 Å². The zero-order chi connectivity index (χ0) is 9.97. The van der Waals surface area contributed by atoms with E-state index in [0.717, 1.165) is 16.6 Å². The first-order chi connectivity index (χ1) is 6.79. The minimum atomic E-state index is -0.235. The highest BCUT2D eigenvalue weighted by atomic mass is 79.9. The topological polar surface area (TPSA) is 17.8 Å². The lowest BCUT2D eigenvalue weighted by Gasteiger charge is -1.99. The third-order valence-electron chi connectivity index (χ3n) is 1.88. The van der Waals surface area contributed by atoms with Gasteiger partial charge >= 0.3 is 0 Å². The van der Waals surface area contributed by atoms with Crippen molar-refractivity contribution >= 4 is 15.9 Å². The van der Waals surface area contributed by atoms with Gasteiger partial charge in [0.15, 0.2) is 0 Å². The molecule has 0 saturated heterocycles. The maximum atomic E-state index is 12.6. The first kappa shape index (κ1) is 9.40. The Bertz CT molecular complexity index is 422. The number of aromatic nitrogens is 2. The van der Waals surface area contributed by atoms with Gasteiger partial charge in [-0.25, -0.2) is 9.07 Å². The largest absolute Gasteiger partial charge is 0.241 e. The fourth-order valence-electron chi connectivity index (χ4n) is 1.16. The van der Waals surface area contributed by atoms with Crippen molar-refractivity contribution in [2.24, 2.45) is 0 Å². The summed E-state index contributed by atoms with van der Waals surface area (Å²) in [5.41, 5.74) is 1.95. The predicted molar refractivity (Wildman–Crippen MR) is 56.2 cm³/mol. The van der Waals surface area contributed by atoms with Crippen molar-refractivity contribution in [3.8, 4) is 5.69 Å². The summed E-state index contributed by atoms with van der Waals surface area (Å²) in [6.45, 7) is 0. The van der Waals surface area contributed by atoms with E-state index in [1.807, 2.05) is 6.20 Å². The zero-order valence-corrected chi connectivity index (χ0v) is 8.91. The van der Waals surface area contributed by atoms with Gasteiger partial charge in [-0.3, -0.25) is 0 Å². The monoisotopic (exact) mass is 254 g/mol. The highest BCUT2D eigenvalue weighted by Gasteiger charge is 1.99. The van der Waals surface area contributed by atoms with Crippen LogP contribution in [0.5, 0.6) is 0 Å². The first-order valence-electron chi connectivity index (χ1n) is 4.15. The lowest BCUT2D eigenvalue weighted by molar-refractivity contribution is 0.627. The SMILES string of the molecule is Fc1ccc(-n2cc(CBr)cn2)cc1. The summed E-state index contributed by atoms with van der Waals surface area (Å²) in [5, 5.41) is 4.92. The second-order valence-corrected chi connectivity index (χ2v) is 3.46. The summed E-state index contributed by atoms with van der Waals surface area (Å²) >= 11 is 3.34. The summed E-state index contributed by atoms with van der Waals surface area (Å²) in [5.74, 6) is -0.235. The fraction of sp³-hybridized carbons (Fsp3) is 0.100. The molecule has 0 amide bonds. The maximum Gasteiger partial charge on any atom is 0.123 e. The normalized spacial score (nSPS) is 10.4. The van der Waals surface area contributed by atoms with E-state index in [4.69, 9.17) is 0 Å². The van der Waals surface area contributed by atoms with Crippen molar-refractivity contribution in [3.05, 3.63) is 48.0 Å². The van der Waals surface area contributed by atoms with Gasteiger partial charge in [0.2, 0.25) is 0 Å². The minimum Gasteiger partial charge on any atom is -0.241 e. The van der Waals surface area contributed by atoms with E-state index >= 15 is 0 Å². The van der Waals surface area contributed by atoms with E-state index < -0.39 is 0 Å². The Morgan fingerprint density at radius 1 is 1.29 bits per heavy atom. The average molecular weight is 255 g/mol. The van der Waals surface area contributed by atoms with Gasteiger partial charge in [-0.2, -0.15) is 5.10 Å². The Kier molecular flexibility index (Phi) is 2.63. The zero-order valence-electron chi connectivity index (χ0n) is 7.32. The van der Waals surface area contributed by atoms with Crippen LogP contribution in [0.1, 0.15) is 5.56 Å². The van der Waals surface area contributed by atoms with Crippen molar-refractivity contribution in [3.63, 3.8) is 0 Å². The average Bonchev–Trinajstić information content (AvgIpc) is 2.67. The number of benzene rings is 1. The van der Waals surface area contributed by atoms with Gasteiger partial charge < -0.3 is 0 Å². The van der Waals surface area contributed by atoms with Gasteiger partial charge in [0.05, 0.1) is 11.9 Å².